The molecule has 8 heteroatoms. The molecule has 0 aliphatic heterocycles. The molecule has 1 aliphatic rings. The van der Waals surface area contributed by atoms with Crippen LogP contribution in [0.3, 0.4) is 0 Å². The summed E-state index contributed by atoms with van der Waals surface area (Å²) in [6, 6.07) is 27.0. The number of nitrogens with one attached hydrogen (secondary N) is 2. The highest BCUT2D eigenvalue weighted by atomic mass is 32.1. The van der Waals surface area contributed by atoms with Crippen LogP contribution in [0.2, 0.25) is 0 Å². The van der Waals surface area contributed by atoms with Crippen molar-refractivity contribution in [3.63, 3.8) is 0 Å². The van der Waals surface area contributed by atoms with Gasteiger partial charge in [0, 0.05) is 47.2 Å². The van der Waals surface area contributed by atoms with Gasteiger partial charge in [-0.05, 0) is 91.8 Å². The van der Waals surface area contributed by atoms with E-state index in [1.54, 1.807) is 41.6 Å². The summed E-state index contributed by atoms with van der Waals surface area (Å²) in [6.45, 7) is 2.53. The largest absolute Gasteiger partial charge is 0.337 e. The molecular formula is C35H33N5O2S. The van der Waals surface area contributed by atoms with Crippen LogP contribution in [0.25, 0.3) is 11.3 Å². The minimum atomic E-state index is -0.0714. The first-order valence-corrected chi connectivity index (χ1v) is 15.3. The highest BCUT2D eigenvalue weighted by Gasteiger charge is 2.19. The first-order valence-electron chi connectivity index (χ1n) is 14.5. The molecule has 0 radical (unpaired) electrons. The van der Waals surface area contributed by atoms with Crippen molar-refractivity contribution in [2.75, 3.05) is 17.7 Å². The molecule has 0 fully saturated rings. The van der Waals surface area contributed by atoms with Crippen LogP contribution in [0.4, 0.5) is 17.3 Å². The van der Waals surface area contributed by atoms with Crippen molar-refractivity contribution >= 4 is 40.5 Å². The summed E-state index contributed by atoms with van der Waals surface area (Å²) in [7, 11) is 1.80. The van der Waals surface area contributed by atoms with Crippen molar-refractivity contribution in [2.24, 2.45) is 0 Å². The molecule has 2 heterocycles. The first-order chi connectivity index (χ1) is 20.9. The van der Waals surface area contributed by atoms with Gasteiger partial charge in [0.05, 0.1) is 10.6 Å². The summed E-state index contributed by atoms with van der Waals surface area (Å²) in [5.41, 5.74) is 7.14. The molecule has 5 aromatic rings. The average Bonchev–Trinajstić information content (AvgIpc) is 3.48. The van der Waals surface area contributed by atoms with E-state index in [2.05, 4.69) is 21.7 Å². The Labute approximate surface area is 255 Å². The zero-order chi connectivity index (χ0) is 29.8. The Bertz CT molecular complexity index is 1740. The van der Waals surface area contributed by atoms with Crippen molar-refractivity contribution in [2.45, 2.75) is 39.2 Å². The summed E-state index contributed by atoms with van der Waals surface area (Å²) in [4.78, 5) is 39.0. The number of hydrogen-bond acceptors (Lipinski definition) is 6. The lowest BCUT2D eigenvalue weighted by molar-refractivity contribution is 0.0785. The predicted molar refractivity (Wildman–Crippen MR) is 173 cm³/mol. The highest BCUT2D eigenvalue weighted by molar-refractivity contribution is 7.14. The molecule has 2 aromatic heterocycles. The maximum atomic E-state index is 13.1. The van der Waals surface area contributed by atoms with E-state index >= 15 is 0 Å². The number of benzene rings is 3. The van der Waals surface area contributed by atoms with Crippen LogP contribution in [0, 0.1) is 6.92 Å². The summed E-state index contributed by atoms with van der Waals surface area (Å²) < 4.78 is 0. The van der Waals surface area contributed by atoms with Crippen LogP contribution >= 0.6 is 11.3 Å². The minimum Gasteiger partial charge on any atom is -0.337 e. The molecule has 1 aliphatic carbocycles. The van der Waals surface area contributed by atoms with E-state index in [9.17, 15) is 9.59 Å². The second-order valence-corrected chi connectivity index (χ2v) is 11.9. The SMILES string of the molecule is Cc1c(NC(=O)c2cc3c(s2)CCCC3)cccc1-c1ccnc(Nc2ccc(C(=O)N(C)Cc3ccccc3)cc2)n1. The quantitative estimate of drug-likeness (QED) is 0.195. The number of hydrogen-bond donors (Lipinski definition) is 2. The number of anilines is 3. The number of amides is 2. The van der Waals surface area contributed by atoms with E-state index in [-0.39, 0.29) is 11.8 Å². The molecule has 6 rings (SSSR count). The van der Waals surface area contributed by atoms with Gasteiger partial charge in [0.1, 0.15) is 0 Å². The molecule has 3 aromatic carbocycles. The van der Waals surface area contributed by atoms with E-state index in [1.165, 1.54) is 23.3 Å². The average molecular weight is 588 g/mol. The van der Waals surface area contributed by atoms with Gasteiger partial charge in [-0.2, -0.15) is 0 Å². The topological polar surface area (TPSA) is 87.2 Å². The lowest BCUT2D eigenvalue weighted by Gasteiger charge is -2.17. The van der Waals surface area contributed by atoms with E-state index in [1.807, 2.05) is 73.7 Å². The summed E-state index contributed by atoms with van der Waals surface area (Å²) >= 11 is 1.61. The van der Waals surface area contributed by atoms with Gasteiger partial charge >= 0.3 is 0 Å². The fraction of sp³-hybridized carbons (Fsp3) is 0.200. The van der Waals surface area contributed by atoms with Crippen LogP contribution in [0.1, 0.15) is 54.4 Å². The number of rotatable bonds is 8. The van der Waals surface area contributed by atoms with E-state index in [0.717, 1.165) is 51.5 Å². The Morgan fingerprint density at radius 3 is 2.51 bits per heavy atom. The fourth-order valence-electron chi connectivity index (χ4n) is 5.38. The van der Waals surface area contributed by atoms with Crippen molar-refractivity contribution < 1.29 is 9.59 Å². The zero-order valence-corrected chi connectivity index (χ0v) is 25.1. The number of carbonyl (C=O) groups excluding carboxylic acids is 2. The van der Waals surface area contributed by atoms with Crippen LogP contribution in [0.15, 0.2) is 91.1 Å². The summed E-state index contributed by atoms with van der Waals surface area (Å²) in [5.74, 6) is 0.323. The fourth-order valence-corrected chi connectivity index (χ4v) is 6.53. The molecule has 2 N–H and O–H groups in total. The predicted octanol–water partition coefficient (Wildman–Crippen LogP) is 7.66. The van der Waals surface area contributed by atoms with Crippen LogP contribution in [-0.4, -0.2) is 33.7 Å². The Balaban J connectivity index is 1.13. The smallest absolute Gasteiger partial charge is 0.265 e. The lowest BCUT2D eigenvalue weighted by atomic mass is 9.99. The minimum absolute atomic E-state index is 0.0465. The van der Waals surface area contributed by atoms with Gasteiger partial charge < -0.3 is 15.5 Å². The first kappa shape index (κ1) is 28.3. The lowest BCUT2D eigenvalue weighted by Crippen LogP contribution is -2.26. The van der Waals surface area contributed by atoms with Gasteiger partial charge in [-0.25, -0.2) is 9.97 Å². The molecule has 0 atom stereocenters. The Hall–Kier alpha value is -4.82. The van der Waals surface area contributed by atoms with Crippen molar-refractivity contribution in [3.05, 3.63) is 123 Å². The van der Waals surface area contributed by atoms with Gasteiger partial charge in [-0.3, -0.25) is 9.59 Å². The Kier molecular flexibility index (Phi) is 8.29. The second kappa shape index (κ2) is 12.6. The van der Waals surface area contributed by atoms with Gasteiger partial charge in [0.15, 0.2) is 0 Å². The Morgan fingerprint density at radius 1 is 0.930 bits per heavy atom. The normalized spacial score (nSPS) is 12.3. The van der Waals surface area contributed by atoms with E-state index in [4.69, 9.17) is 4.98 Å². The molecule has 0 saturated carbocycles. The van der Waals surface area contributed by atoms with Crippen molar-refractivity contribution in [1.29, 1.82) is 0 Å². The molecule has 0 bridgehead atoms. The summed E-state index contributed by atoms with van der Waals surface area (Å²) in [5, 5.41) is 6.36. The monoisotopic (exact) mass is 587 g/mol. The van der Waals surface area contributed by atoms with Gasteiger partial charge in [-0.15, -0.1) is 11.3 Å². The highest BCUT2D eigenvalue weighted by Crippen LogP contribution is 2.32. The van der Waals surface area contributed by atoms with Crippen molar-refractivity contribution in [1.82, 2.24) is 14.9 Å². The van der Waals surface area contributed by atoms with Crippen LogP contribution in [-0.2, 0) is 19.4 Å². The number of carbonyl (C=O) groups is 2. The maximum absolute atomic E-state index is 13.1. The number of aromatic nitrogens is 2. The number of fused-ring (bicyclic) bond motifs is 1. The third-order valence-electron chi connectivity index (χ3n) is 7.73. The molecule has 216 valence electrons. The van der Waals surface area contributed by atoms with Gasteiger partial charge in [0.2, 0.25) is 5.95 Å². The third-order valence-corrected chi connectivity index (χ3v) is 8.97. The third kappa shape index (κ3) is 6.49. The molecule has 0 saturated heterocycles. The molecule has 0 spiro atoms. The summed E-state index contributed by atoms with van der Waals surface area (Å²) in [6.07, 6.45) is 6.23. The van der Waals surface area contributed by atoms with E-state index in [0.29, 0.717) is 18.1 Å². The van der Waals surface area contributed by atoms with Crippen LogP contribution in [0.5, 0.6) is 0 Å². The number of nitrogens with zero attached hydrogens (tertiary/aromatic N) is 3. The maximum Gasteiger partial charge on any atom is 0.265 e. The standard InChI is InChI=1S/C35H33N5O2S/c1-23-28(12-8-13-29(23)38-33(41)32-21-26-11-6-7-14-31(26)43-32)30-19-20-36-35(39-30)37-27-17-15-25(16-18-27)34(42)40(2)22-24-9-4-3-5-10-24/h3-5,8-10,12-13,15-21H,6-7,11,14,22H2,1-2H3,(H,38,41)(H,36,37,39). The zero-order valence-electron chi connectivity index (χ0n) is 24.3. The Morgan fingerprint density at radius 2 is 1.72 bits per heavy atom. The molecule has 7 nitrogen and oxygen atoms in total. The number of aryl methyl sites for hydroxylation is 2. The molecule has 2 amide bonds. The van der Waals surface area contributed by atoms with Gasteiger partial charge in [0.25, 0.3) is 11.8 Å². The van der Waals surface area contributed by atoms with Crippen molar-refractivity contribution in [3.8, 4) is 11.3 Å². The second-order valence-electron chi connectivity index (χ2n) is 10.8. The molecule has 0 unspecified atom stereocenters. The van der Waals surface area contributed by atoms with Crippen LogP contribution < -0.4 is 10.6 Å². The molecular weight excluding hydrogens is 554 g/mol. The molecule has 43 heavy (non-hydrogen) atoms. The van der Waals surface area contributed by atoms with Gasteiger partial charge in [-0.1, -0.05) is 42.5 Å². The number of thiophene rings is 1. The van der Waals surface area contributed by atoms with E-state index < -0.39 is 0 Å².